The van der Waals surface area contributed by atoms with Crippen molar-refractivity contribution in [1.29, 1.82) is 0 Å². The number of rotatable bonds is 6. The Labute approximate surface area is 118 Å². The van der Waals surface area contributed by atoms with Crippen LogP contribution in [0.5, 0.6) is 0 Å². The van der Waals surface area contributed by atoms with E-state index >= 15 is 0 Å². The minimum atomic E-state index is -0.451. The molecule has 0 spiro atoms. The van der Waals surface area contributed by atoms with E-state index in [-0.39, 0.29) is 36.4 Å². The van der Waals surface area contributed by atoms with Gasteiger partial charge in [0, 0.05) is 18.2 Å². The van der Waals surface area contributed by atoms with Crippen molar-refractivity contribution in [1.82, 2.24) is 4.90 Å². The predicted octanol–water partition coefficient (Wildman–Crippen LogP) is 2.63. The van der Waals surface area contributed by atoms with Crippen LogP contribution in [0, 0.1) is 5.82 Å². The summed E-state index contributed by atoms with van der Waals surface area (Å²) in [4.78, 5) is 25.2. The van der Waals surface area contributed by atoms with Crippen molar-refractivity contribution in [2.24, 2.45) is 0 Å². The third kappa shape index (κ3) is 4.33. The number of amides is 1. The Bertz CT molecular complexity index is 476. The van der Waals surface area contributed by atoms with Crippen molar-refractivity contribution < 1.29 is 18.7 Å². The fourth-order valence-corrected chi connectivity index (χ4v) is 1.84. The van der Waals surface area contributed by atoms with Gasteiger partial charge >= 0.3 is 5.97 Å². The van der Waals surface area contributed by atoms with Crippen LogP contribution in [-0.2, 0) is 9.53 Å². The summed E-state index contributed by atoms with van der Waals surface area (Å²) in [6.45, 7) is 4.11. The van der Waals surface area contributed by atoms with Gasteiger partial charge in [0.1, 0.15) is 5.82 Å². The lowest BCUT2D eigenvalue weighted by Gasteiger charge is -2.28. The first-order valence-electron chi connectivity index (χ1n) is 6.63. The van der Waals surface area contributed by atoms with Gasteiger partial charge in [-0.2, -0.15) is 0 Å². The molecular formula is C15H20FNO3. The molecule has 1 atom stereocenters. The fourth-order valence-electron chi connectivity index (χ4n) is 1.84. The van der Waals surface area contributed by atoms with Crippen LogP contribution in [-0.4, -0.2) is 36.5 Å². The molecule has 0 aliphatic rings. The zero-order valence-electron chi connectivity index (χ0n) is 12.1. The molecule has 0 aromatic heterocycles. The highest BCUT2D eigenvalue weighted by Crippen LogP contribution is 2.13. The van der Waals surface area contributed by atoms with E-state index in [0.29, 0.717) is 0 Å². The second-order valence-corrected chi connectivity index (χ2v) is 4.59. The van der Waals surface area contributed by atoms with E-state index < -0.39 is 5.82 Å². The maximum Gasteiger partial charge on any atom is 0.307 e. The van der Waals surface area contributed by atoms with E-state index in [1.165, 1.54) is 25.3 Å². The molecule has 4 nitrogen and oxygen atoms in total. The molecule has 110 valence electrons. The molecule has 0 aliphatic heterocycles. The highest BCUT2D eigenvalue weighted by Gasteiger charge is 2.21. The summed E-state index contributed by atoms with van der Waals surface area (Å²) in [5.74, 6) is -1.10. The third-order valence-electron chi connectivity index (χ3n) is 3.24. The summed E-state index contributed by atoms with van der Waals surface area (Å²) >= 11 is 0. The Morgan fingerprint density at radius 2 is 2.10 bits per heavy atom. The zero-order valence-corrected chi connectivity index (χ0v) is 12.1. The molecular weight excluding hydrogens is 261 g/mol. The molecule has 0 heterocycles. The van der Waals surface area contributed by atoms with Gasteiger partial charge in [-0.05, 0) is 31.5 Å². The molecule has 0 radical (unpaired) electrons. The molecule has 0 fully saturated rings. The van der Waals surface area contributed by atoms with E-state index in [9.17, 15) is 14.0 Å². The van der Waals surface area contributed by atoms with Crippen LogP contribution >= 0.6 is 0 Å². The van der Waals surface area contributed by atoms with Crippen LogP contribution in [0.4, 0.5) is 4.39 Å². The van der Waals surface area contributed by atoms with Gasteiger partial charge in [-0.1, -0.05) is 13.0 Å². The molecule has 0 aliphatic carbocycles. The lowest BCUT2D eigenvalue weighted by molar-refractivity contribution is -0.140. The minimum absolute atomic E-state index is 0.0320. The molecule has 1 amide bonds. The Morgan fingerprint density at radius 3 is 2.65 bits per heavy atom. The number of methoxy groups -OCH3 is 1. The van der Waals surface area contributed by atoms with Crippen molar-refractivity contribution in [3.05, 3.63) is 35.6 Å². The molecule has 20 heavy (non-hydrogen) atoms. The van der Waals surface area contributed by atoms with Crippen LogP contribution in [0.15, 0.2) is 24.3 Å². The Morgan fingerprint density at radius 1 is 1.40 bits per heavy atom. The topological polar surface area (TPSA) is 46.6 Å². The standard InChI is InChI=1S/C15H20FNO3/c1-4-11(2)17(9-8-14(18)20-3)15(19)12-6-5-7-13(16)10-12/h5-7,10-11H,4,8-9H2,1-3H3. The number of esters is 1. The summed E-state index contributed by atoms with van der Waals surface area (Å²) in [6.07, 6.45) is 0.879. The maximum atomic E-state index is 13.2. The van der Waals surface area contributed by atoms with Crippen LogP contribution < -0.4 is 0 Å². The number of carbonyl (C=O) groups is 2. The summed E-state index contributed by atoms with van der Waals surface area (Å²) in [7, 11) is 1.31. The van der Waals surface area contributed by atoms with E-state index in [0.717, 1.165) is 6.42 Å². The van der Waals surface area contributed by atoms with Crippen molar-refractivity contribution in [3.8, 4) is 0 Å². The molecule has 1 unspecified atom stereocenters. The largest absolute Gasteiger partial charge is 0.469 e. The number of nitrogens with zero attached hydrogens (tertiary/aromatic N) is 1. The average molecular weight is 281 g/mol. The van der Waals surface area contributed by atoms with Crippen LogP contribution in [0.25, 0.3) is 0 Å². The van der Waals surface area contributed by atoms with Gasteiger partial charge in [0.25, 0.3) is 5.91 Å². The summed E-state index contributed by atoms with van der Waals surface area (Å²) in [5.41, 5.74) is 0.287. The molecule has 1 rings (SSSR count). The second kappa shape index (κ2) is 7.62. The monoisotopic (exact) mass is 281 g/mol. The molecule has 0 saturated carbocycles. The average Bonchev–Trinajstić information content (AvgIpc) is 2.46. The Balaban J connectivity index is 2.87. The normalized spacial score (nSPS) is 11.8. The summed E-state index contributed by atoms with van der Waals surface area (Å²) in [5, 5.41) is 0. The van der Waals surface area contributed by atoms with Gasteiger partial charge in [-0.15, -0.1) is 0 Å². The summed E-state index contributed by atoms with van der Waals surface area (Å²) < 4.78 is 17.8. The smallest absolute Gasteiger partial charge is 0.307 e. The number of carbonyl (C=O) groups excluding carboxylic acids is 2. The molecule has 0 saturated heterocycles. The molecule has 1 aromatic rings. The van der Waals surface area contributed by atoms with Gasteiger partial charge in [0.15, 0.2) is 0 Å². The fraction of sp³-hybridized carbons (Fsp3) is 0.467. The van der Waals surface area contributed by atoms with Crippen molar-refractivity contribution in [3.63, 3.8) is 0 Å². The third-order valence-corrected chi connectivity index (χ3v) is 3.24. The van der Waals surface area contributed by atoms with Crippen molar-refractivity contribution >= 4 is 11.9 Å². The van der Waals surface area contributed by atoms with Crippen LogP contribution in [0.1, 0.15) is 37.0 Å². The number of halogens is 1. The number of ether oxygens (including phenoxy) is 1. The van der Waals surface area contributed by atoms with E-state index in [4.69, 9.17) is 0 Å². The lowest BCUT2D eigenvalue weighted by atomic mass is 10.1. The van der Waals surface area contributed by atoms with Crippen molar-refractivity contribution in [2.75, 3.05) is 13.7 Å². The van der Waals surface area contributed by atoms with Crippen LogP contribution in [0.3, 0.4) is 0 Å². The van der Waals surface area contributed by atoms with Gasteiger partial charge in [0.2, 0.25) is 0 Å². The number of benzene rings is 1. The highest BCUT2D eigenvalue weighted by molar-refractivity contribution is 5.94. The van der Waals surface area contributed by atoms with E-state index in [2.05, 4.69) is 4.74 Å². The molecule has 0 N–H and O–H groups in total. The zero-order chi connectivity index (χ0) is 15.1. The SMILES string of the molecule is CCC(C)N(CCC(=O)OC)C(=O)c1cccc(F)c1. The number of hydrogen-bond donors (Lipinski definition) is 0. The van der Waals surface area contributed by atoms with Gasteiger partial charge in [-0.25, -0.2) is 4.39 Å². The first-order valence-corrected chi connectivity index (χ1v) is 6.63. The first-order chi connectivity index (χ1) is 9.49. The predicted molar refractivity (Wildman–Crippen MR) is 73.8 cm³/mol. The Hall–Kier alpha value is -1.91. The molecule has 1 aromatic carbocycles. The highest BCUT2D eigenvalue weighted by atomic mass is 19.1. The Kier molecular flexibility index (Phi) is 6.15. The van der Waals surface area contributed by atoms with Gasteiger partial charge in [0.05, 0.1) is 13.5 Å². The van der Waals surface area contributed by atoms with Gasteiger partial charge in [-0.3, -0.25) is 9.59 Å². The lowest BCUT2D eigenvalue weighted by Crippen LogP contribution is -2.39. The molecule has 5 heteroatoms. The first kappa shape index (κ1) is 16.1. The van der Waals surface area contributed by atoms with E-state index in [1.54, 1.807) is 11.0 Å². The van der Waals surface area contributed by atoms with Crippen molar-refractivity contribution in [2.45, 2.75) is 32.7 Å². The number of hydrogen-bond acceptors (Lipinski definition) is 3. The summed E-state index contributed by atoms with van der Waals surface area (Å²) in [6, 6.07) is 5.53. The van der Waals surface area contributed by atoms with Crippen LogP contribution in [0.2, 0.25) is 0 Å². The maximum absolute atomic E-state index is 13.2. The second-order valence-electron chi connectivity index (χ2n) is 4.59. The van der Waals surface area contributed by atoms with E-state index in [1.807, 2.05) is 13.8 Å². The van der Waals surface area contributed by atoms with Gasteiger partial charge < -0.3 is 9.64 Å². The quantitative estimate of drug-likeness (QED) is 0.753. The molecule has 0 bridgehead atoms. The minimum Gasteiger partial charge on any atom is -0.469 e.